The molecular formula is C20H20INO4S. The molecule has 0 aliphatic carbocycles. The van der Waals surface area contributed by atoms with Gasteiger partial charge >= 0.3 is 5.97 Å². The van der Waals surface area contributed by atoms with Gasteiger partial charge in [0.15, 0.2) is 11.5 Å². The molecule has 0 aromatic heterocycles. The standard InChI is InChI=1S/C20H20INO4S/c1-13-5-3-4-6-15(13)20(23)26-18-16(21)11-14(12-17(18)24-2)19(27)22-7-9-25-10-8-22/h3-6,11-12H,7-10H2,1-2H3. The number of halogens is 1. The fourth-order valence-electron chi connectivity index (χ4n) is 2.84. The molecule has 1 fully saturated rings. The number of carbonyl (C=O) groups is 1. The van der Waals surface area contributed by atoms with Crippen LogP contribution in [0.15, 0.2) is 36.4 Å². The molecule has 0 spiro atoms. The monoisotopic (exact) mass is 497 g/mol. The zero-order chi connectivity index (χ0) is 19.4. The molecule has 0 bridgehead atoms. The van der Waals surface area contributed by atoms with E-state index < -0.39 is 5.97 Å². The first-order valence-electron chi connectivity index (χ1n) is 8.53. The maximum Gasteiger partial charge on any atom is 0.343 e. The van der Waals surface area contributed by atoms with Crippen LogP contribution < -0.4 is 9.47 Å². The van der Waals surface area contributed by atoms with E-state index in [0.717, 1.165) is 32.8 Å². The van der Waals surface area contributed by atoms with Gasteiger partial charge in [-0.2, -0.15) is 0 Å². The van der Waals surface area contributed by atoms with Gasteiger partial charge in [0, 0.05) is 18.7 Å². The first kappa shape index (κ1) is 20.0. The molecule has 2 aromatic rings. The summed E-state index contributed by atoms with van der Waals surface area (Å²) in [5.74, 6) is 0.474. The highest BCUT2D eigenvalue weighted by Gasteiger charge is 2.21. The summed E-state index contributed by atoms with van der Waals surface area (Å²) in [6.07, 6.45) is 0. The second-order valence-electron chi connectivity index (χ2n) is 6.10. The summed E-state index contributed by atoms with van der Waals surface area (Å²) in [5.41, 5.74) is 2.26. The van der Waals surface area contributed by atoms with Crippen LogP contribution in [0, 0.1) is 10.5 Å². The first-order valence-corrected chi connectivity index (χ1v) is 10.0. The number of esters is 1. The smallest absolute Gasteiger partial charge is 0.343 e. The Morgan fingerprint density at radius 1 is 1.22 bits per heavy atom. The molecule has 7 heteroatoms. The Morgan fingerprint density at radius 3 is 2.59 bits per heavy atom. The van der Waals surface area contributed by atoms with E-state index in [1.54, 1.807) is 13.2 Å². The number of hydrogen-bond donors (Lipinski definition) is 0. The second-order valence-corrected chi connectivity index (χ2v) is 7.65. The molecule has 1 heterocycles. The maximum atomic E-state index is 12.6. The van der Waals surface area contributed by atoms with Crippen molar-refractivity contribution in [2.75, 3.05) is 33.4 Å². The molecular weight excluding hydrogens is 477 g/mol. The summed E-state index contributed by atoms with van der Waals surface area (Å²) in [7, 11) is 1.55. The normalized spacial score (nSPS) is 14.0. The Hall–Kier alpha value is -1.71. The molecule has 142 valence electrons. The lowest BCUT2D eigenvalue weighted by Crippen LogP contribution is -2.40. The number of morpholine rings is 1. The van der Waals surface area contributed by atoms with Crippen LogP contribution in [0.25, 0.3) is 0 Å². The van der Waals surface area contributed by atoms with Gasteiger partial charge in [0.2, 0.25) is 0 Å². The zero-order valence-corrected chi connectivity index (χ0v) is 18.1. The number of rotatable bonds is 4. The van der Waals surface area contributed by atoms with Crippen LogP contribution >= 0.6 is 34.8 Å². The summed E-state index contributed by atoms with van der Waals surface area (Å²) < 4.78 is 17.3. The number of nitrogens with zero attached hydrogens (tertiary/aromatic N) is 1. The van der Waals surface area contributed by atoms with Gasteiger partial charge < -0.3 is 19.1 Å². The van der Waals surface area contributed by atoms with Gasteiger partial charge in [0.25, 0.3) is 0 Å². The van der Waals surface area contributed by atoms with Gasteiger partial charge in [-0.3, -0.25) is 0 Å². The molecule has 0 atom stereocenters. The molecule has 27 heavy (non-hydrogen) atoms. The van der Waals surface area contributed by atoms with Gasteiger partial charge in [0.05, 0.1) is 29.5 Å². The predicted molar refractivity (Wildman–Crippen MR) is 116 cm³/mol. The number of aryl methyl sites for hydroxylation is 1. The summed E-state index contributed by atoms with van der Waals surface area (Å²) >= 11 is 7.78. The van der Waals surface area contributed by atoms with Gasteiger partial charge in [-0.05, 0) is 53.3 Å². The van der Waals surface area contributed by atoms with Crippen LogP contribution in [0.5, 0.6) is 11.5 Å². The fraction of sp³-hybridized carbons (Fsp3) is 0.300. The Bertz CT molecular complexity index is 865. The van der Waals surface area contributed by atoms with Crippen LogP contribution in [0.1, 0.15) is 21.5 Å². The van der Waals surface area contributed by atoms with Gasteiger partial charge in [0.1, 0.15) is 4.99 Å². The molecule has 3 rings (SSSR count). The zero-order valence-electron chi connectivity index (χ0n) is 15.2. The van der Waals surface area contributed by atoms with Crippen molar-refractivity contribution in [3.63, 3.8) is 0 Å². The minimum atomic E-state index is -0.409. The summed E-state index contributed by atoms with van der Waals surface area (Å²) in [6.45, 7) is 4.74. The van der Waals surface area contributed by atoms with Crippen LogP contribution in [0.4, 0.5) is 0 Å². The predicted octanol–water partition coefficient (Wildman–Crippen LogP) is 3.84. The Labute approximate surface area is 177 Å². The number of thiocarbonyl (C=S) groups is 1. The largest absolute Gasteiger partial charge is 0.493 e. The van der Waals surface area contributed by atoms with Gasteiger partial charge in [-0.25, -0.2) is 4.79 Å². The molecule has 1 saturated heterocycles. The van der Waals surface area contributed by atoms with Crippen molar-refractivity contribution in [3.8, 4) is 11.5 Å². The number of carbonyl (C=O) groups excluding carboxylic acids is 1. The third kappa shape index (κ3) is 4.59. The van der Waals surface area contributed by atoms with Crippen LogP contribution in [0.2, 0.25) is 0 Å². The van der Waals surface area contributed by atoms with Crippen molar-refractivity contribution in [1.29, 1.82) is 0 Å². The third-order valence-corrected chi connectivity index (χ3v) is 5.63. The highest BCUT2D eigenvalue weighted by molar-refractivity contribution is 14.1. The van der Waals surface area contributed by atoms with E-state index >= 15 is 0 Å². The minimum absolute atomic E-state index is 0.403. The van der Waals surface area contributed by atoms with E-state index in [-0.39, 0.29) is 0 Å². The van der Waals surface area contributed by atoms with E-state index in [1.807, 2.05) is 37.3 Å². The van der Waals surface area contributed by atoms with E-state index in [4.69, 9.17) is 26.4 Å². The first-order chi connectivity index (χ1) is 13.0. The second kappa shape index (κ2) is 8.99. The van der Waals surface area contributed by atoms with Gasteiger partial charge in [-0.15, -0.1) is 0 Å². The van der Waals surface area contributed by atoms with E-state index in [2.05, 4.69) is 27.5 Å². The molecule has 5 nitrogen and oxygen atoms in total. The number of ether oxygens (including phenoxy) is 3. The summed E-state index contributed by atoms with van der Waals surface area (Å²) in [6, 6.07) is 11.1. The van der Waals surface area contributed by atoms with Gasteiger partial charge in [-0.1, -0.05) is 30.4 Å². The van der Waals surface area contributed by atoms with Crippen molar-refractivity contribution in [2.24, 2.45) is 0 Å². The molecule has 1 aliphatic rings. The molecule has 1 aliphatic heterocycles. The topological polar surface area (TPSA) is 48.0 Å². The molecule has 0 N–H and O–H groups in total. The van der Waals surface area contributed by atoms with Crippen molar-refractivity contribution in [1.82, 2.24) is 4.90 Å². The summed E-state index contributed by atoms with van der Waals surface area (Å²) in [4.78, 5) is 15.4. The van der Waals surface area contributed by atoms with E-state index in [1.165, 1.54) is 0 Å². The molecule has 0 unspecified atom stereocenters. The number of benzene rings is 2. The minimum Gasteiger partial charge on any atom is -0.493 e. The van der Waals surface area contributed by atoms with Crippen LogP contribution in [-0.2, 0) is 4.74 Å². The Morgan fingerprint density at radius 2 is 1.93 bits per heavy atom. The number of hydrogen-bond acceptors (Lipinski definition) is 5. The fourth-order valence-corrected chi connectivity index (χ4v) is 3.85. The average Bonchev–Trinajstić information content (AvgIpc) is 2.69. The Balaban J connectivity index is 1.87. The third-order valence-electron chi connectivity index (χ3n) is 4.33. The van der Waals surface area contributed by atoms with E-state index in [9.17, 15) is 4.79 Å². The molecule has 2 aromatic carbocycles. The highest BCUT2D eigenvalue weighted by Crippen LogP contribution is 2.35. The molecule has 0 saturated carbocycles. The van der Waals surface area contributed by atoms with Crippen LogP contribution in [-0.4, -0.2) is 49.3 Å². The van der Waals surface area contributed by atoms with Crippen LogP contribution in [0.3, 0.4) is 0 Å². The summed E-state index contributed by atoms with van der Waals surface area (Å²) in [5, 5.41) is 0. The highest BCUT2D eigenvalue weighted by atomic mass is 127. The average molecular weight is 497 g/mol. The lowest BCUT2D eigenvalue weighted by molar-refractivity contribution is 0.0692. The lowest BCUT2D eigenvalue weighted by Gasteiger charge is -2.29. The number of methoxy groups -OCH3 is 1. The SMILES string of the molecule is COc1cc(C(=S)N2CCOCC2)cc(I)c1OC(=O)c1ccccc1C. The molecule has 0 amide bonds. The lowest BCUT2D eigenvalue weighted by atomic mass is 10.1. The van der Waals surface area contributed by atoms with E-state index in [0.29, 0.717) is 30.3 Å². The Kier molecular flexibility index (Phi) is 6.67. The van der Waals surface area contributed by atoms with Crippen molar-refractivity contribution < 1.29 is 19.0 Å². The van der Waals surface area contributed by atoms with Crippen molar-refractivity contribution in [3.05, 3.63) is 56.7 Å². The maximum absolute atomic E-state index is 12.6. The molecule has 0 radical (unpaired) electrons. The van der Waals surface area contributed by atoms with Crippen molar-refractivity contribution >= 4 is 45.8 Å². The van der Waals surface area contributed by atoms with Crippen molar-refractivity contribution in [2.45, 2.75) is 6.92 Å². The quantitative estimate of drug-likeness (QED) is 0.277.